The van der Waals surface area contributed by atoms with Crippen molar-refractivity contribution >= 4 is 11.6 Å². The number of hydrogen-bond acceptors (Lipinski definition) is 3. The maximum atomic E-state index is 13.7. The molecule has 2 aromatic rings. The highest BCUT2D eigenvalue weighted by Crippen LogP contribution is 2.16. The van der Waals surface area contributed by atoms with Crippen molar-refractivity contribution in [1.82, 2.24) is 9.78 Å². The largest absolute Gasteiger partial charge is 0.326 e. The molecule has 0 saturated heterocycles. The minimum absolute atomic E-state index is 0.126. The Kier molecular flexibility index (Phi) is 3.62. The molecule has 1 aromatic carbocycles. The molecule has 0 aliphatic heterocycles. The van der Waals surface area contributed by atoms with E-state index in [1.54, 1.807) is 26.1 Å². The molecule has 0 unspecified atom stereocenters. The van der Waals surface area contributed by atoms with Crippen LogP contribution in [-0.4, -0.2) is 15.7 Å². The van der Waals surface area contributed by atoms with Crippen LogP contribution in [-0.2, 0) is 13.6 Å². The highest BCUT2D eigenvalue weighted by molar-refractivity contribution is 6.03. The van der Waals surface area contributed by atoms with Crippen LogP contribution >= 0.6 is 0 Å². The smallest absolute Gasteiger partial charge is 0.274 e. The number of nitrogens with zero attached hydrogens (tertiary/aromatic N) is 2. The van der Waals surface area contributed by atoms with Crippen molar-refractivity contribution in [2.24, 2.45) is 12.8 Å². The maximum absolute atomic E-state index is 13.7. The SMILES string of the molecule is Cc1cc(C(=O)Nc2ccc(CN)cc2F)n(C)n1. The number of benzene rings is 1. The van der Waals surface area contributed by atoms with Crippen molar-refractivity contribution in [3.05, 3.63) is 47.0 Å². The van der Waals surface area contributed by atoms with Crippen LogP contribution in [0.2, 0.25) is 0 Å². The number of carbonyl (C=O) groups excluding carboxylic acids is 1. The van der Waals surface area contributed by atoms with E-state index < -0.39 is 11.7 Å². The van der Waals surface area contributed by atoms with Gasteiger partial charge in [0.15, 0.2) is 0 Å². The Morgan fingerprint density at radius 2 is 2.21 bits per heavy atom. The molecule has 1 amide bonds. The van der Waals surface area contributed by atoms with Gasteiger partial charge in [0.1, 0.15) is 11.5 Å². The molecular formula is C13H15FN4O. The van der Waals surface area contributed by atoms with Crippen LogP contribution in [0.4, 0.5) is 10.1 Å². The summed E-state index contributed by atoms with van der Waals surface area (Å²) in [5.74, 6) is -0.905. The number of hydrogen-bond donors (Lipinski definition) is 2. The van der Waals surface area contributed by atoms with Crippen LogP contribution in [0.3, 0.4) is 0 Å². The molecular weight excluding hydrogens is 247 g/mol. The maximum Gasteiger partial charge on any atom is 0.274 e. The Morgan fingerprint density at radius 1 is 1.47 bits per heavy atom. The summed E-state index contributed by atoms with van der Waals surface area (Å²) in [5.41, 5.74) is 7.32. The van der Waals surface area contributed by atoms with Gasteiger partial charge in [0.05, 0.1) is 11.4 Å². The zero-order chi connectivity index (χ0) is 14.0. The average molecular weight is 262 g/mol. The van der Waals surface area contributed by atoms with Crippen molar-refractivity contribution in [3.63, 3.8) is 0 Å². The molecule has 6 heteroatoms. The third-order valence-electron chi connectivity index (χ3n) is 2.75. The number of carbonyl (C=O) groups is 1. The molecule has 0 fully saturated rings. The number of rotatable bonds is 3. The van der Waals surface area contributed by atoms with Crippen LogP contribution in [0, 0.1) is 12.7 Å². The van der Waals surface area contributed by atoms with Crippen molar-refractivity contribution in [3.8, 4) is 0 Å². The number of halogens is 1. The topological polar surface area (TPSA) is 72.9 Å². The summed E-state index contributed by atoms with van der Waals surface area (Å²) in [6.07, 6.45) is 0. The molecule has 0 saturated carbocycles. The van der Waals surface area contributed by atoms with E-state index in [0.29, 0.717) is 11.3 Å². The Morgan fingerprint density at radius 3 is 2.74 bits per heavy atom. The normalized spacial score (nSPS) is 10.5. The van der Waals surface area contributed by atoms with Gasteiger partial charge in [0, 0.05) is 13.6 Å². The van der Waals surface area contributed by atoms with E-state index >= 15 is 0 Å². The molecule has 1 heterocycles. The second-order valence-electron chi connectivity index (χ2n) is 4.27. The van der Waals surface area contributed by atoms with Gasteiger partial charge in [-0.05, 0) is 30.7 Å². The lowest BCUT2D eigenvalue weighted by atomic mass is 10.2. The number of aryl methyl sites for hydroxylation is 2. The molecule has 0 spiro atoms. The fourth-order valence-corrected chi connectivity index (χ4v) is 1.80. The number of amides is 1. The van der Waals surface area contributed by atoms with Gasteiger partial charge >= 0.3 is 0 Å². The zero-order valence-corrected chi connectivity index (χ0v) is 10.8. The second kappa shape index (κ2) is 5.19. The van der Waals surface area contributed by atoms with E-state index in [4.69, 9.17) is 5.73 Å². The first kappa shape index (κ1) is 13.2. The standard InChI is InChI=1S/C13H15FN4O/c1-8-5-12(18(2)17-8)13(19)16-11-4-3-9(7-15)6-10(11)14/h3-6H,7,15H2,1-2H3,(H,16,19). The lowest BCUT2D eigenvalue weighted by Gasteiger charge is -2.07. The van der Waals surface area contributed by atoms with Gasteiger partial charge in [0.25, 0.3) is 5.91 Å². The highest BCUT2D eigenvalue weighted by atomic mass is 19.1. The van der Waals surface area contributed by atoms with Crippen LogP contribution in [0.5, 0.6) is 0 Å². The fourth-order valence-electron chi connectivity index (χ4n) is 1.80. The van der Waals surface area contributed by atoms with E-state index in [9.17, 15) is 9.18 Å². The first-order valence-electron chi connectivity index (χ1n) is 5.81. The van der Waals surface area contributed by atoms with Crippen molar-refractivity contribution in [2.45, 2.75) is 13.5 Å². The minimum atomic E-state index is -0.504. The minimum Gasteiger partial charge on any atom is -0.326 e. The first-order valence-corrected chi connectivity index (χ1v) is 5.81. The summed E-state index contributed by atoms with van der Waals surface area (Å²) in [5, 5.41) is 6.59. The van der Waals surface area contributed by atoms with Crippen LogP contribution < -0.4 is 11.1 Å². The van der Waals surface area contributed by atoms with Gasteiger partial charge in [-0.1, -0.05) is 6.07 Å². The summed E-state index contributed by atoms with van der Waals surface area (Å²) in [6.45, 7) is 2.04. The van der Waals surface area contributed by atoms with Gasteiger partial charge in [-0.3, -0.25) is 9.48 Å². The molecule has 1 aromatic heterocycles. The molecule has 19 heavy (non-hydrogen) atoms. The molecule has 2 rings (SSSR count). The zero-order valence-electron chi connectivity index (χ0n) is 10.8. The molecule has 0 bridgehead atoms. The first-order chi connectivity index (χ1) is 9.01. The van der Waals surface area contributed by atoms with Crippen molar-refractivity contribution < 1.29 is 9.18 Å². The van der Waals surface area contributed by atoms with E-state index in [-0.39, 0.29) is 12.2 Å². The van der Waals surface area contributed by atoms with Crippen LogP contribution in [0.1, 0.15) is 21.7 Å². The third kappa shape index (κ3) is 2.79. The molecule has 0 aliphatic rings. The van der Waals surface area contributed by atoms with Gasteiger partial charge in [-0.25, -0.2) is 4.39 Å². The van der Waals surface area contributed by atoms with Crippen molar-refractivity contribution in [1.29, 1.82) is 0 Å². The van der Waals surface area contributed by atoms with Crippen molar-refractivity contribution in [2.75, 3.05) is 5.32 Å². The quantitative estimate of drug-likeness (QED) is 0.882. The molecule has 0 atom stereocenters. The average Bonchev–Trinajstić information content (AvgIpc) is 2.71. The number of anilines is 1. The van der Waals surface area contributed by atoms with Gasteiger partial charge in [0.2, 0.25) is 0 Å². The summed E-state index contributed by atoms with van der Waals surface area (Å²) < 4.78 is 15.2. The van der Waals surface area contributed by atoms with E-state index in [1.165, 1.54) is 16.8 Å². The Balaban J connectivity index is 2.22. The van der Waals surface area contributed by atoms with E-state index in [2.05, 4.69) is 10.4 Å². The molecule has 5 nitrogen and oxygen atoms in total. The Hall–Kier alpha value is -2.21. The summed E-state index contributed by atoms with van der Waals surface area (Å²) in [6, 6.07) is 6.12. The van der Waals surface area contributed by atoms with Gasteiger partial charge < -0.3 is 11.1 Å². The van der Waals surface area contributed by atoms with E-state index in [0.717, 1.165) is 5.69 Å². The molecule has 3 N–H and O–H groups in total. The van der Waals surface area contributed by atoms with Crippen LogP contribution in [0.15, 0.2) is 24.3 Å². The molecule has 0 aliphatic carbocycles. The number of nitrogens with two attached hydrogens (primary N) is 1. The Bertz CT molecular complexity index is 621. The predicted octanol–water partition coefficient (Wildman–Crippen LogP) is 1.58. The molecule has 0 radical (unpaired) electrons. The predicted molar refractivity (Wildman–Crippen MR) is 70.2 cm³/mol. The monoisotopic (exact) mass is 262 g/mol. The summed E-state index contributed by atoms with van der Waals surface area (Å²) >= 11 is 0. The summed E-state index contributed by atoms with van der Waals surface area (Å²) in [4.78, 5) is 12.0. The molecule has 100 valence electrons. The summed E-state index contributed by atoms with van der Waals surface area (Å²) in [7, 11) is 1.66. The third-order valence-corrected chi connectivity index (χ3v) is 2.75. The number of aromatic nitrogens is 2. The van der Waals surface area contributed by atoms with Gasteiger partial charge in [-0.2, -0.15) is 5.10 Å². The van der Waals surface area contributed by atoms with Gasteiger partial charge in [-0.15, -0.1) is 0 Å². The number of nitrogens with one attached hydrogen (secondary N) is 1. The second-order valence-corrected chi connectivity index (χ2v) is 4.27. The van der Waals surface area contributed by atoms with E-state index in [1.807, 2.05) is 0 Å². The lowest BCUT2D eigenvalue weighted by Crippen LogP contribution is -2.17. The lowest BCUT2D eigenvalue weighted by molar-refractivity contribution is 0.101. The Labute approximate surface area is 110 Å². The highest BCUT2D eigenvalue weighted by Gasteiger charge is 2.14. The fraction of sp³-hybridized carbons (Fsp3) is 0.231. The van der Waals surface area contributed by atoms with Crippen LogP contribution in [0.25, 0.3) is 0 Å².